The summed E-state index contributed by atoms with van der Waals surface area (Å²) in [6.07, 6.45) is 7.11. The van der Waals surface area contributed by atoms with Crippen molar-refractivity contribution in [1.82, 2.24) is 19.8 Å². The van der Waals surface area contributed by atoms with Gasteiger partial charge in [-0.3, -0.25) is 9.59 Å². The van der Waals surface area contributed by atoms with Gasteiger partial charge >= 0.3 is 0 Å². The van der Waals surface area contributed by atoms with Crippen LogP contribution in [0.3, 0.4) is 0 Å². The molecule has 4 rings (SSSR count). The number of rotatable bonds is 4. The highest BCUT2D eigenvalue weighted by Crippen LogP contribution is 2.23. The second-order valence-electron chi connectivity index (χ2n) is 7.18. The number of fused-ring (bicyclic) bond motifs is 1. The predicted molar refractivity (Wildman–Crippen MR) is 91.6 cm³/mol. The number of likely N-dealkylation sites (tertiary alicyclic amines) is 1. The summed E-state index contributed by atoms with van der Waals surface area (Å²) in [7, 11) is 0. The average Bonchev–Trinajstić information content (AvgIpc) is 3.39. The molecule has 0 spiro atoms. The van der Waals surface area contributed by atoms with Gasteiger partial charge in [0.2, 0.25) is 0 Å². The summed E-state index contributed by atoms with van der Waals surface area (Å²) < 4.78 is 7.54. The number of carbonyl (C=O) groups excluding carboxylic acids is 2. The molecule has 0 bridgehead atoms. The van der Waals surface area contributed by atoms with E-state index in [0.717, 1.165) is 76.9 Å². The van der Waals surface area contributed by atoms with E-state index < -0.39 is 0 Å². The lowest BCUT2D eigenvalue weighted by molar-refractivity contribution is 0.0774. The third kappa shape index (κ3) is 3.29. The summed E-state index contributed by atoms with van der Waals surface area (Å²) in [4.78, 5) is 31.8. The number of nitrogens with zero attached hydrogens (tertiary/aromatic N) is 3. The second kappa shape index (κ2) is 7.15. The predicted octanol–water partition coefficient (Wildman–Crippen LogP) is 1.36. The number of hydrogen-bond donors (Lipinski definition) is 1. The molecular weight excluding hydrogens is 320 g/mol. The van der Waals surface area contributed by atoms with Gasteiger partial charge < -0.3 is 19.5 Å². The molecule has 1 atom stereocenters. The maximum atomic E-state index is 12.8. The normalized spacial score (nSPS) is 22.9. The molecule has 136 valence electrons. The number of ether oxygens (including phenoxy) is 1. The van der Waals surface area contributed by atoms with E-state index in [0.29, 0.717) is 18.1 Å². The molecule has 1 N–H and O–H groups in total. The van der Waals surface area contributed by atoms with Crippen molar-refractivity contribution in [2.75, 3.05) is 26.2 Å². The molecule has 4 heterocycles. The Morgan fingerprint density at radius 1 is 1.12 bits per heavy atom. The van der Waals surface area contributed by atoms with Crippen LogP contribution in [0.25, 0.3) is 0 Å². The SMILES string of the molecule is O=C(NCC1CCCO1)c1nc(C(=O)N2CCCC2)n2c1CCCC2. The molecule has 2 amide bonds. The van der Waals surface area contributed by atoms with Crippen LogP contribution < -0.4 is 5.32 Å². The first-order valence-corrected chi connectivity index (χ1v) is 9.52. The van der Waals surface area contributed by atoms with Crippen LogP contribution in [0.15, 0.2) is 0 Å². The largest absolute Gasteiger partial charge is 0.376 e. The van der Waals surface area contributed by atoms with Gasteiger partial charge in [-0.1, -0.05) is 0 Å². The zero-order valence-electron chi connectivity index (χ0n) is 14.6. The summed E-state index contributed by atoms with van der Waals surface area (Å²) in [6.45, 7) is 3.65. The fraction of sp³-hybridized carbons (Fsp3) is 0.722. The van der Waals surface area contributed by atoms with Crippen molar-refractivity contribution in [3.8, 4) is 0 Å². The van der Waals surface area contributed by atoms with Gasteiger partial charge in [0.25, 0.3) is 11.8 Å². The van der Waals surface area contributed by atoms with E-state index in [1.165, 1.54) is 0 Å². The highest BCUT2D eigenvalue weighted by molar-refractivity contribution is 5.97. The molecule has 0 saturated carbocycles. The Labute approximate surface area is 147 Å². The van der Waals surface area contributed by atoms with Crippen LogP contribution in [0, 0.1) is 0 Å². The van der Waals surface area contributed by atoms with Crippen molar-refractivity contribution in [2.45, 2.75) is 57.6 Å². The van der Waals surface area contributed by atoms with Crippen LogP contribution in [0.5, 0.6) is 0 Å². The molecule has 0 aromatic carbocycles. The smallest absolute Gasteiger partial charge is 0.289 e. The lowest BCUT2D eigenvalue weighted by Crippen LogP contribution is -2.32. The molecule has 7 nitrogen and oxygen atoms in total. The van der Waals surface area contributed by atoms with Crippen molar-refractivity contribution in [1.29, 1.82) is 0 Å². The summed E-state index contributed by atoms with van der Waals surface area (Å²) in [5.74, 6) is 0.235. The maximum absolute atomic E-state index is 12.8. The van der Waals surface area contributed by atoms with Crippen molar-refractivity contribution >= 4 is 11.8 Å². The molecule has 7 heteroatoms. The molecule has 0 radical (unpaired) electrons. The summed E-state index contributed by atoms with van der Waals surface area (Å²) in [5.41, 5.74) is 1.35. The number of carbonyl (C=O) groups is 2. The highest BCUT2D eigenvalue weighted by atomic mass is 16.5. The Kier molecular flexibility index (Phi) is 4.74. The van der Waals surface area contributed by atoms with Crippen molar-refractivity contribution < 1.29 is 14.3 Å². The number of aromatic nitrogens is 2. The minimum absolute atomic E-state index is 0.0289. The first-order valence-electron chi connectivity index (χ1n) is 9.52. The van der Waals surface area contributed by atoms with E-state index in [9.17, 15) is 9.59 Å². The van der Waals surface area contributed by atoms with E-state index in [1.807, 2.05) is 9.47 Å². The van der Waals surface area contributed by atoms with Gasteiger partial charge in [-0.05, 0) is 44.9 Å². The van der Waals surface area contributed by atoms with Crippen LogP contribution >= 0.6 is 0 Å². The fourth-order valence-electron chi connectivity index (χ4n) is 4.05. The van der Waals surface area contributed by atoms with E-state index in [4.69, 9.17) is 4.74 Å². The van der Waals surface area contributed by atoms with Gasteiger partial charge in [-0.2, -0.15) is 0 Å². The third-order valence-corrected chi connectivity index (χ3v) is 5.43. The van der Waals surface area contributed by atoms with Crippen LogP contribution in [0.1, 0.15) is 65.3 Å². The van der Waals surface area contributed by atoms with E-state index in [2.05, 4.69) is 10.3 Å². The van der Waals surface area contributed by atoms with Crippen LogP contribution in [-0.2, 0) is 17.7 Å². The lowest BCUT2D eigenvalue weighted by atomic mass is 10.1. The Morgan fingerprint density at radius 2 is 1.92 bits per heavy atom. The van der Waals surface area contributed by atoms with E-state index in [1.54, 1.807) is 0 Å². The van der Waals surface area contributed by atoms with Crippen molar-refractivity contribution in [2.24, 2.45) is 0 Å². The quantitative estimate of drug-likeness (QED) is 0.893. The Bertz CT molecular complexity index is 658. The Hall–Kier alpha value is -1.89. The number of imidazole rings is 1. The van der Waals surface area contributed by atoms with Gasteiger partial charge in [0.15, 0.2) is 5.82 Å². The minimum Gasteiger partial charge on any atom is -0.376 e. The molecule has 3 aliphatic heterocycles. The molecule has 3 aliphatic rings. The standard InChI is InChI=1S/C18H26N4O3/c23-17(19-12-13-6-5-11-25-13)15-14-7-1-2-10-22(14)16(20-15)18(24)21-8-3-4-9-21/h13H,1-12H2,(H,19,23). The lowest BCUT2D eigenvalue weighted by Gasteiger charge is -2.19. The minimum atomic E-state index is -0.179. The third-order valence-electron chi connectivity index (χ3n) is 5.43. The summed E-state index contributed by atoms with van der Waals surface area (Å²) in [5, 5.41) is 2.95. The molecular formula is C18H26N4O3. The van der Waals surface area contributed by atoms with Crippen molar-refractivity contribution in [3.63, 3.8) is 0 Å². The van der Waals surface area contributed by atoms with Crippen LogP contribution in [0.4, 0.5) is 0 Å². The summed E-state index contributed by atoms with van der Waals surface area (Å²) in [6, 6.07) is 0. The highest BCUT2D eigenvalue weighted by Gasteiger charge is 2.31. The summed E-state index contributed by atoms with van der Waals surface area (Å²) >= 11 is 0. The monoisotopic (exact) mass is 346 g/mol. The van der Waals surface area contributed by atoms with Crippen LogP contribution in [-0.4, -0.2) is 58.6 Å². The second-order valence-corrected chi connectivity index (χ2v) is 7.18. The van der Waals surface area contributed by atoms with Gasteiger partial charge in [0, 0.05) is 32.8 Å². The van der Waals surface area contributed by atoms with Gasteiger partial charge in [0.1, 0.15) is 5.69 Å². The van der Waals surface area contributed by atoms with Gasteiger partial charge in [0.05, 0.1) is 11.8 Å². The molecule has 1 unspecified atom stereocenters. The molecule has 0 aliphatic carbocycles. The van der Waals surface area contributed by atoms with E-state index >= 15 is 0 Å². The zero-order chi connectivity index (χ0) is 17.2. The Balaban J connectivity index is 1.54. The molecule has 25 heavy (non-hydrogen) atoms. The fourth-order valence-corrected chi connectivity index (χ4v) is 4.05. The topological polar surface area (TPSA) is 76.5 Å². The zero-order valence-corrected chi connectivity index (χ0v) is 14.6. The maximum Gasteiger partial charge on any atom is 0.289 e. The Morgan fingerprint density at radius 3 is 2.68 bits per heavy atom. The number of nitrogens with one attached hydrogen (secondary N) is 1. The van der Waals surface area contributed by atoms with Crippen molar-refractivity contribution in [3.05, 3.63) is 17.2 Å². The van der Waals surface area contributed by atoms with Gasteiger partial charge in [-0.15, -0.1) is 0 Å². The molecule has 2 fully saturated rings. The van der Waals surface area contributed by atoms with E-state index in [-0.39, 0.29) is 17.9 Å². The molecule has 2 saturated heterocycles. The molecule has 1 aromatic rings. The average molecular weight is 346 g/mol. The first-order chi connectivity index (χ1) is 12.2. The number of hydrogen-bond acceptors (Lipinski definition) is 4. The molecule has 1 aromatic heterocycles. The number of amides is 2. The van der Waals surface area contributed by atoms with Crippen LogP contribution in [0.2, 0.25) is 0 Å². The first kappa shape index (κ1) is 16.6. The van der Waals surface area contributed by atoms with Gasteiger partial charge in [-0.25, -0.2) is 4.98 Å².